The highest BCUT2D eigenvalue weighted by molar-refractivity contribution is 5.88. The molecule has 0 atom stereocenters. The van der Waals surface area contributed by atoms with Gasteiger partial charge >= 0.3 is 6.18 Å². The molecule has 3 N–H and O–H groups in total. The molecule has 0 heterocycles. The maximum Gasteiger partial charge on any atom is 0.416 e. The maximum absolute atomic E-state index is 13.1. The Morgan fingerprint density at radius 2 is 2.05 bits per heavy atom. The van der Waals surface area contributed by atoms with Crippen molar-refractivity contribution in [3.63, 3.8) is 0 Å². The fraction of sp³-hybridized carbons (Fsp3) is 0.533. The van der Waals surface area contributed by atoms with Gasteiger partial charge in [0, 0.05) is 6.54 Å². The summed E-state index contributed by atoms with van der Waals surface area (Å²) >= 11 is 0. The number of hydrogen-bond acceptors (Lipinski definition) is 3. The molecule has 0 radical (unpaired) electrons. The van der Waals surface area contributed by atoms with Crippen molar-refractivity contribution >= 4 is 5.91 Å². The van der Waals surface area contributed by atoms with Crippen LogP contribution in [0.5, 0.6) is 5.75 Å². The number of carbonyl (C=O) groups excluding carboxylic acids is 1. The second-order valence-corrected chi connectivity index (χ2v) is 5.82. The molecule has 1 aliphatic rings. The largest absolute Gasteiger partial charge is 0.491 e. The highest BCUT2D eigenvalue weighted by Crippen LogP contribution is 2.35. The predicted octanol–water partition coefficient (Wildman–Crippen LogP) is 2.60. The van der Waals surface area contributed by atoms with Crippen LogP contribution >= 0.6 is 0 Å². The zero-order chi connectivity index (χ0) is 16.5. The molecule has 0 bridgehead atoms. The van der Waals surface area contributed by atoms with E-state index >= 15 is 0 Å². The third kappa shape index (κ3) is 3.91. The van der Waals surface area contributed by atoms with Crippen molar-refractivity contribution < 1.29 is 22.7 Å². The van der Waals surface area contributed by atoms with Gasteiger partial charge in [-0.2, -0.15) is 13.2 Å². The van der Waals surface area contributed by atoms with Crippen molar-refractivity contribution in [3.8, 4) is 5.75 Å². The normalized spacial score (nSPS) is 16.5. The number of halogens is 3. The molecule has 1 fully saturated rings. The zero-order valence-electron chi connectivity index (χ0n) is 12.5. The first-order valence-corrected chi connectivity index (χ1v) is 7.06. The van der Waals surface area contributed by atoms with E-state index in [0.29, 0.717) is 12.8 Å². The molecule has 0 aliphatic heterocycles. The van der Waals surface area contributed by atoms with E-state index in [1.165, 1.54) is 12.1 Å². The summed E-state index contributed by atoms with van der Waals surface area (Å²) in [6, 6.07) is 3.74. The van der Waals surface area contributed by atoms with Crippen LogP contribution in [-0.4, -0.2) is 17.6 Å². The minimum atomic E-state index is -4.52. The Balaban J connectivity index is 2.17. The van der Waals surface area contributed by atoms with E-state index in [1.54, 1.807) is 13.8 Å². The van der Waals surface area contributed by atoms with Gasteiger partial charge in [-0.25, -0.2) is 0 Å². The van der Waals surface area contributed by atoms with Crippen molar-refractivity contribution in [1.82, 2.24) is 5.32 Å². The van der Waals surface area contributed by atoms with E-state index in [0.717, 1.165) is 6.07 Å². The molecule has 7 heteroatoms. The third-order valence-electron chi connectivity index (χ3n) is 3.44. The van der Waals surface area contributed by atoms with Gasteiger partial charge in [0.25, 0.3) is 0 Å². The Hall–Kier alpha value is -1.76. The lowest BCUT2D eigenvalue weighted by Crippen LogP contribution is -2.42. The lowest BCUT2D eigenvalue weighted by Gasteiger charge is -2.17. The number of nitrogens with two attached hydrogens (primary N) is 1. The number of carbonyl (C=O) groups is 1. The molecule has 1 aliphatic carbocycles. The van der Waals surface area contributed by atoms with Gasteiger partial charge in [0.1, 0.15) is 5.75 Å². The molecule has 1 amide bonds. The number of nitrogens with one attached hydrogen (secondary N) is 1. The van der Waals surface area contributed by atoms with Crippen LogP contribution in [0.1, 0.15) is 37.8 Å². The molecule has 4 nitrogen and oxygen atoms in total. The van der Waals surface area contributed by atoms with Crippen molar-refractivity contribution in [2.24, 2.45) is 5.73 Å². The van der Waals surface area contributed by atoms with Crippen molar-refractivity contribution in [2.75, 3.05) is 0 Å². The number of alkyl halides is 3. The Morgan fingerprint density at radius 3 is 2.55 bits per heavy atom. The fourth-order valence-electron chi connectivity index (χ4n) is 2.03. The van der Waals surface area contributed by atoms with Gasteiger partial charge in [-0.3, -0.25) is 4.79 Å². The van der Waals surface area contributed by atoms with Crippen LogP contribution < -0.4 is 15.8 Å². The average Bonchev–Trinajstić information content (AvgIpc) is 3.14. The highest BCUT2D eigenvalue weighted by atomic mass is 19.4. The van der Waals surface area contributed by atoms with Gasteiger partial charge in [0.2, 0.25) is 5.91 Å². The van der Waals surface area contributed by atoms with Gasteiger partial charge in [0.05, 0.1) is 17.2 Å². The van der Waals surface area contributed by atoms with Crippen LogP contribution in [0, 0.1) is 0 Å². The quantitative estimate of drug-likeness (QED) is 0.877. The van der Waals surface area contributed by atoms with Gasteiger partial charge in [-0.05, 0) is 44.4 Å². The van der Waals surface area contributed by atoms with E-state index in [9.17, 15) is 18.0 Å². The van der Waals surface area contributed by atoms with Crippen molar-refractivity contribution in [1.29, 1.82) is 0 Å². The Labute approximate surface area is 126 Å². The smallest absolute Gasteiger partial charge is 0.416 e. The number of hydrogen-bond donors (Lipinski definition) is 2. The van der Waals surface area contributed by atoms with E-state index in [-0.39, 0.29) is 24.0 Å². The molecule has 0 aromatic heterocycles. The topological polar surface area (TPSA) is 64.3 Å². The monoisotopic (exact) mass is 316 g/mol. The lowest BCUT2D eigenvalue weighted by molar-refractivity contribution is -0.138. The SMILES string of the molecule is CC(C)Oc1ccc(CNC(=O)C2(N)CC2)c(C(F)(F)F)c1. The van der Waals surface area contributed by atoms with Crippen LogP contribution in [0.2, 0.25) is 0 Å². The van der Waals surface area contributed by atoms with E-state index < -0.39 is 23.2 Å². The Kier molecular flexibility index (Phi) is 4.37. The summed E-state index contributed by atoms with van der Waals surface area (Å²) in [5.74, 6) is -0.266. The molecule has 1 saturated carbocycles. The summed E-state index contributed by atoms with van der Waals surface area (Å²) < 4.78 is 44.7. The van der Waals surface area contributed by atoms with Crippen molar-refractivity contribution in [2.45, 2.75) is 51.1 Å². The molecule has 122 valence electrons. The predicted molar refractivity (Wildman–Crippen MR) is 75.2 cm³/mol. The second-order valence-electron chi connectivity index (χ2n) is 5.82. The van der Waals surface area contributed by atoms with Gasteiger partial charge in [-0.15, -0.1) is 0 Å². The number of ether oxygens (including phenoxy) is 1. The molecule has 22 heavy (non-hydrogen) atoms. The summed E-state index contributed by atoms with van der Waals surface area (Å²) in [7, 11) is 0. The van der Waals surface area contributed by atoms with Crippen LogP contribution in [0.15, 0.2) is 18.2 Å². The molecule has 2 rings (SSSR count). The van der Waals surface area contributed by atoms with E-state index in [2.05, 4.69) is 5.32 Å². The second kappa shape index (κ2) is 5.79. The maximum atomic E-state index is 13.1. The Morgan fingerprint density at radius 1 is 1.41 bits per heavy atom. The molecule has 0 saturated heterocycles. The summed E-state index contributed by atoms with van der Waals surface area (Å²) in [6.45, 7) is 3.25. The summed E-state index contributed by atoms with van der Waals surface area (Å²) in [5, 5.41) is 2.47. The molecule has 0 unspecified atom stereocenters. The standard InChI is InChI=1S/C15H19F3N2O2/c1-9(2)22-11-4-3-10(12(7-11)15(16,17)18)8-20-13(21)14(19)5-6-14/h3-4,7,9H,5-6,8,19H2,1-2H3,(H,20,21). The van der Waals surface area contributed by atoms with Crippen molar-refractivity contribution in [3.05, 3.63) is 29.3 Å². The van der Waals surface area contributed by atoms with Crippen LogP contribution in [-0.2, 0) is 17.5 Å². The Bertz CT molecular complexity index is 566. The third-order valence-corrected chi connectivity index (χ3v) is 3.44. The molecule has 1 aromatic rings. The molecule has 0 spiro atoms. The first-order valence-electron chi connectivity index (χ1n) is 7.06. The first-order chi connectivity index (χ1) is 10.1. The van der Waals surface area contributed by atoms with Gasteiger partial charge in [-0.1, -0.05) is 6.07 Å². The molecular weight excluding hydrogens is 297 g/mol. The molecular formula is C15H19F3N2O2. The van der Waals surface area contributed by atoms with E-state index in [1.807, 2.05) is 0 Å². The minimum Gasteiger partial charge on any atom is -0.491 e. The number of amides is 1. The van der Waals surface area contributed by atoms with Crippen LogP contribution in [0.4, 0.5) is 13.2 Å². The summed E-state index contributed by atoms with van der Waals surface area (Å²) in [5.41, 5.74) is 3.97. The zero-order valence-corrected chi connectivity index (χ0v) is 12.5. The number of benzene rings is 1. The minimum absolute atomic E-state index is 0.0128. The van der Waals surface area contributed by atoms with Gasteiger partial charge in [0.15, 0.2) is 0 Å². The summed E-state index contributed by atoms with van der Waals surface area (Å²) in [6.07, 6.45) is -3.62. The lowest BCUT2D eigenvalue weighted by atomic mass is 10.1. The summed E-state index contributed by atoms with van der Waals surface area (Å²) in [4.78, 5) is 11.7. The molecule has 1 aromatic carbocycles. The van der Waals surface area contributed by atoms with E-state index in [4.69, 9.17) is 10.5 Å². The van der Waals surface area contributed by atoms with Gasteiger partial charge < -0.3 is 15.8 Å². The fourth-order valence-corrected chi connectivity index (χ4v) is 2.03. The first kappa shape index (κ1) is 16.6. The number of rotatable bonds is 5. The van der Waals surface area contributed by atoms with Crippen LogP contribution in [0.3, 0.4) is 0 Å². The highest BCUT2D eigenvalue weighted by Gasteiger charge is 2.45. The van der Waals surface area contributed by atoms with Crippen LogP contribution in [0.25, 0.3) is 0 Å². The average molecular weight is 316 g/mol.